The van der Waals surface area contributed by atoms with Crippen LogP contribution in [0.15, 0.2) is 176 Å². The SMILES string of the molecule is C1=C(c2cc(-c3ccccc3)nc(-c3ccccc3)n2)CC(n2c3ccccc3c3ccccc32)C=C1n1c2ccccc2c2ccccc21. The Morgan fingerprint density at radius 1 is 0.460 bits per heavy atom. The summed E-state index contributed by atoms with van der Waals surface area (Å²) in [5.41, 5.74) is 11.1. The third-order valence-electron chi connectivity index (χ3n) is 10.1. The summed E-state index contributed by atoms with van der Waals surface area (Å²) in [7, 11) is 0. The van der Waals surface area contributed by atoms with Gasteiger partial charge in [-0.25, -0.2) is 9.97 Å². The molecule has 1 aliphatic rings. The van der Waals surface area contributed by atoms with Gasteiger partial charge >= 0.3 is 0 Å². The average Bonchev–Trinajstić information content (AvgIpc) is 3.71. The van der Waals surface area contributed by atoms with Crippen LogP contribution in [-0.4, -0.2) is 19.1 Å². The molecule has 9 aromatic rings. The van der Waals surface area contributed by atoms with Crippen molar-refractivity contribution in [1.82, 2.24) is 19.1 Å². The fourth-order valence-corrected chi connectivity index (χ4v) is 7.85. The van der Waals surface area contributed by atoms with Crippen molar-refractivity contribution in [3.8, 4) is 22.6 Å². The monoisotopic (exact) mass is 640 g/mol. The van der Waals surface area contributed by atoms with Gasteiger partial charge in [0.25, 0.3) is 0 Å². The molecule has 0 N–H and O–H groups in total. The van der Waals surface area contributed by atoms with Crippen molar-refractivity contribution in [2.75, 3.05) is 0 Å². The van der Waals surface area contributed by atoms with Crippen LogP contribution >= 0.6 is 0 Å². The fourth-order valence-electron chi connectivity index (χ4n) is 7.85. The largest absolute Gasteiger partial charge is 0.333 e. The van der Waals surface area contributed by atoms with Gasteiger partial charge in [0, 0.05) is 49.4 Å². The molecule has 0 saturated heterocycles. The maximum Gasteiger partial charge on any atom is 0.160 e. The summed E-state index contributed by atoms with van der Waals surface area (Å²) in [6.07, 6.45) is 5.59. The molecule has 3 heterocycles. The number of hydrogen-bond acceptors (Lipinski definition) is 2. The first-order valence-corrected chi connectivity index (χ1v) is 17.2. The smallest absolute Gasteiger partial charge is 0.160 e. The Morgan fingerprint density at radius 3 is 1.50 bits per heavy atom. The Hall–Kier alpha value is -6.52. The Bertz CT molecular complexity index is 2620. The van der Waals surface area contributed by atoms with Crippen LogP contribution in [0.3, 0.4) is 0 Å². The molecule has 0 spiro atoms. The van der Waals surface area contributed by atoms with Gasteiger partial charge in [-0.05, 0) is 54.5 Å². The van der Waals surface area contributed by atoms with Crippen LogP contribution in [-0.2, 0) is 0 Å². The van der Waals surface area contributed by atoms with Gasteiger partial charge in [-0.15, -0.1) is 0 Å². The molecule has 0 aliphatic heterocycles. The molecule has 0 saturated carbocycles. The lowest BCUT2D eigenvalue weighted by Gasteiger charge is -2.26. The number of fused-ring (bicyclic) bond motifs is 6. The molecule has 1 atom stereocenters. The van der Waals surface area contributed by atoms with Crippen LogP contribution in [0.4, 0.5) is 0 Å². The number of rotatable bonds is 5. The van der Waals surface area contributed by atoms with Gasteiger partial charge in [0.05, 0.1) is 28.5 Å². The van der Waals surface area contributed by atoms with Crippen molar-refractivity contribution in [2.45, 2.75) is 12.5 Å². The number of para-hydroxylation sites is 4. The van der Waals surface area contributed by atoms with Gasteiger partial charge in [-0.1, -0.05) is 133 Å². The molecule has 10 rings (SSSR count). The second kappa shape index (κ2) is 11.6. The van der Waals surface area contributed by atoms with Gasteiger partial charge in [-0.2, -0.15) is 0 Å². The predicted octanol–water partition coefficient (Wildman–Crippen LogP) is 11.6. The van der Waals surface area contributed by atoms with Crippen LogP contribution in [0.2, 0.25) is 0 Å². The van der Waals surface area contributed by atoms with E-state index in [9.17, 15) is 0 Å². The van der Waals surface area contributed by atoms with E-state index in [1.54, 1.807) is 0 Å². The molecule has 50 heavy (non-hydrogen) atoms. The highest BCUT2D eigenvalue weighted by molar-refractivity contribution is 6.11. The van der Waals surface area contributed by atoms with Crippen LogP contribution in [0.1, 0.15) is 18.2 Å². The second-order valence-corrected chi connectivity index (χ2v) is 13.0. The van der Waals surface area contributed by atoms with Crippen molar-refractivity contribution < 1.29 is 0 Å². The summed E-state index contributed by atoms with van der Waals surface area (Å²) in [5.74, 6) is 0.726. The standard InChI is InChI=1S/C46H32N4/c1-3-15-31(16-4-1)40-30-41(48-46(47-40)32-17-5-2-6-18-32)33-27-34(49-42-23-11-7-19-36(42)37-20-8-12-24-43(37)49)29-35(28-33)50-44-25-13-9-21-38(44)39-22-10-14-26-45(39)50/h1-27,29-30,35H,28H2. The molecule has 4 nitrogen and oxygen atoms in total. The molecular weight excluding hydrogens is 609 g/mol. The predicted molar refractivity (Wildman–Crippen MR) is 208 cm³/mol. The van der Waals surface area contributed by atoms with Crippen molar-refractivity contribution in [1.29, 1.82) is 0 Å². The average molecular weight is 641 g/mol. The molecule has 0 amide bonds. The van der Waals surface area contributed by atoms with Crippen molar-refractivity contribution in [2.24, 2.45) is 0 Å². The maximum atomic E-state index is 5.31. The first kappa shape index (κ1) is 28.5. The minimum absolute atomic E-state index is 0.0324. The van der Waals surface area contributed by atoms with Gasteiger partial charge in [0.2, 0.25) is 0 Å². The third kappa shape index (κ3) is 4.61. The van der Waals surface area contributed by atoms with Crippen LogP contribution in [0, 0.1) is 0 Å². The first-order chi connectivity index (χ1) is 24.8. The van der Waals surface area contributed by atoms with E-state index in [1.165, 1.54) is 49.2 Å². The van der Waals surface area contributed by atoms with Gasteiger partial charge in [-0.3, -0.25) is 0 Å². The summed E-state index contributed by atoms with van der Waals surface area (Å²) >= 11 is 0. The number of hydrogen-bond donors (Lipinski definition) is 0. The van der Waals surface area contributed by atoms with Crippen molar-refractivity contribution >= 4 is 54.9 Å². The minimum atomic E-state index is 0.0324. The lowest BCUT2D eigenvalue weighted by molar-refractivity contribution is 0.654. The lowest BCUT2D eigenvalue weighted by atomic mass is 9.94. The molecule has 0 fully saturated rings. The van der Waals surface area contributed by atoms with E-state index in [1.807, 2.05) is 12.1 Å². The zero-order valence-corrected chi connectivity index (χ0v) is 27.3. The Morgan fingerprint density at radius 2 is 0.920 bits per heavy atom. The third-order valence-corrected chi connectivity index (χ3v) is 10.1. The molecule has 6 aromatic carbocycles. The van der Waals surface area contributed by atoms with E-state index < -0.39 is 0 Å². The number of benzene rings is 6. The van der Waals surface area contributed by atoms with E-state index >= 15 is 0 Å². The van der Waals surface area contributed by atoms with Gasteiger partial charge < -0.3 is 9.13 Å². The van der Waals surface area contributed by atoms with Crippen LogP contribution in [0.5, 0.6) is 0 Å². The lowest BCUT2D eigenvalue weighted by Crippen LogP contribution is -2.14. The molecule has 4 heteroatoms. The van der Waals surface area contributed by atoms with Crippen LogP contribution < -0.4 is 0 Å². The highest BCUT2D eigenvalue weighted by Gasteiger charge is 2.26. The summed E-state index contributed by atoms with van der Waals surface area (Å²) in [6.45, 7) is 0. The Balaban J connectivity index is 1.25. The van der Waals surface area contributed by atoms with Crippen LogP contribution in [0.25, 0.3) is 77.5 Å². The molecule has 3 aromatic heterocycles. The fraction of sp³-hybridized carbons (Fsp3) is 0.0435. The molecule has 1 aliphatic carbocycles. The normalized spacial score (nSPS) is 14.8. The number of nitrogens with zero attached hydrogens (tertiary/aromatic N) is 4. The molecule has 0 bridgehead atoms. The second-order valence-electron chi connectivity index (χ2n) is 13.0. The highest BCUT2D eigenvalue weighted by atomic mass is 15.0. The Labute approximate surface area is 289 Å². The van der Waals surface area contributed by atoms with E-state index in [2.05, 4.69) is 173 Å². The molecule has 236 valence electrons. The minimum Gasteiger partial charge on any atom is -0.333 e. The number of aromatic nitrogens is 4. The Kier molecular flexibility index (Phi) is 6.59. The van der Waals surface area contributed by atoms with Gasteiger partial charge in [0.1, 0.15) is 0 Å². The molecule has 1 unspecified atom stereocenters. The summed E-state index contributed by atoms with van der Waals surface area (Å²) < 4.78 is 4.96. The van der Waals surface area contributed by atoms with E-state index in [-0.39, 0.29) is 6.04 Å². The van der Waals surface area contributed by atoms with E-state index in [0.717, 1.165) is 40.5 Å². The highest BCUT2D eigenvalue weighted by Crippen LogP contribution is 2.42. The van der Waals surface area contributed by atoms with Gasteiger partial charge in [0.15, 0.2) is 5.82 Å². The van der Waals surface area contributed by atoms with Crippen molar-refractivity contribution in [3.05, 3.63) is 182 Å². The van der Waals surface area contributed by atoms with E-state index in [0.29, 0.717) is 0 Å². The summed E-state index contributed by atoms with van der Waals surface area (Å²) in [6, 6.07) is 58.0. The zero-order chi connectivity index (χ0) is 33.0. The first-order valence-electron chi connectivity index (χ1n) is 17.2. The molecular formula is C46H32N4. The van der Waals surface area contributed by atoms with Crippen molar-refractivity contribution in [3.63, 3.8) is 0 Å². The zero-order valence-electron chi connectivity index (χ0n) is 27.3. The number of allylic oxidation sites excluding steroid dienone is 4. The topological polar surface area (TPSA) is 35.6 Å². The quantitative estimate of drug-likeness (QED) is 0.188. The summed E-state index contributed by atoms with van der Waals surface area (Å²) in [5, 5.41) is 5.03. The van der Waals surface area contributed by atoms with E-state index in [4.69, 9.17) is 9.97 Å². The summed E-state index contributed by atoms with van der Waals surface area (Å²) in [4.78, 5) is 10.4. The maximum absolute atomic E-state index is 5.31. The molecule has 0 radical (unpaired) electrons.